The number of rotatable bonds is 16. The van der Waals surface area contributed by atoms with Crippen molar-refractivity contribution in [2.45, 2.75) is 110 Å². The lowest BCUT2D eigenvalue weighted by Crippen LogP contribution is -2.15. The second-order valence-corrected chi connectivity index (χ2v) is 11.5. The zero-order chi connectivity index (χ0) is 25.4. The molecule has 2 unspecified atom stereocenters. The lowest BCUT2D eigenvalue weighted by molar-refractivity contribution is 0.0889. The molecule has 0 N–H and O–H groups in total. The molecule has 2 aromatic carbocycles. The van der Waals surface area contributed by atoms with E-state index in [1.165, 1.54) is 87.3 Å². The van der Waals surface area contributed by atoms with E-state index in [0.29, 0.717) is 0 Å². The Hall–Kier alpha value is -1.86. The minimum Gasteiger partial charge on any atom is -0.377 e. The number of ether oxygens (including phenoxy) is 1. The fourth-order valence-electron chi connectivity index (χ4n) is 6.05. The van der Waals surface area contributed by atoms with Gasteiger partial charge in [-0.3, -0.25) is 0 Å². The van der Waals surface area contributed by atoms with Crippen LogP contribution in [0.3, 0.4) is 0 Å². The molecule has 0 bridgehead atoms. The molecule has 0 aliphatic heterocycles. The minimum atomic E-state index is 0.247. The molecule has 2 aromatic rings. The summed E-state index contributed by atoms with van der Waals surface area (Å²) in [5.41, 5.74) is 4.30. The Morgan fingerprint density at radius 1 is 0.778 bits per heavy atom. The van der Waals surface area contributed by atoms with Gasteiger partial charge in [0.15, 0.2) is 0 Å². The van der Waals surface area contributed by atoms with Gasteiger partial charge in [-0.2, -0.15) is 0 Å². The maximum absolute atomic E-state index is 5.78. The third kappa shape index (κ3) is 10.6. The van der Waals surface area contributed by atoms with Crippen molar-refractivity contribution in [3.05, 3.63) is 83.4 Å². The summed E-state index contributed by atoms with van der Waals surface area (Å²) in [4.78, 5) is 0. The van der Waals surface area contributed by atoms with Crippen LogP contribution in [-0.2, 0) is 17.6 Å². The summed E-state index contributed by atoms with van der Waals surface area (Å²) in [6.45, 7) is 4.55. The normalized spacial score (nSPS) is 20.0. The smallest absolute Gasteiger partial charge is 0.0821 e. The van der Waals surface area contributed by atoms with Gasteiger partial charge < -0.3 is 4.74 Å². The first-order valence-corrected chi connectivity index (χ1v) is 14.9. The number of hydrogen-bond acceptors (Lipinski definition) is 1. The minimum absolute atomic E-state index is 0.247. The summed E-state index contributed by atoms with van der Waals surface area (Å²) in [6, 6.07) is 20.1. The molecule has 36 heavy (non-hydrogen) atoms. The second kappa shape index (κ2) is 16.8. The van der Waals surface area contributed by atoms with Gasteiger partial charge in [-0.25, -0.2) is 0 Å². The first-order valence-electron chi connectivity index (χ1n) is 14.9. The maximum atomic E-state index is 5.78. The molecule has 1 aliphatic carbocycles. The molecule has 1 nitrogen and oxygen atoms in total. The van der Waals surface area contributed by atoms with Crippen molar-refractivity contribution in [2.24, 2.45) is 17.8 Å². The summed E-state index contributed by atoms with van der Waals surface area (Å²) >= 11 is 0. The van der Waals surface area contributed by atoms with Gasteiger partial charge in [0.05, 0.1) is 6.10 Å². The van der Waals surface area contributed by atoms with Crippen molar-refractivity contribution < 1.29 is 4.74 Å². The SMILES string of the molecule is C/C=C/CCc1ccc(CCCC[C@H]2CC[C@H](CCC(C)CCC(OC)c3ccccc3)CC2)cc1. The zero-order valence-electron chi connectivity index (χ0n) is 23.5. The molecule has 1 fully saturated rings. The first-order chi connectivity index (χ1) is 17.7. The van der Waals surface area contributed by atoms with Crippen molar-refractivity contribution in [3.63, 3.8) is 0 Å². The Kier molecular flexibility index (Phi) is 13.4. The van der Waals surface area contributed by atoms with Gasteiger partial charge in [-0.05, 0) is 79.9 Å². The van der Waals surface area contributed by atoms with Crippen LogP contribution >= 0.6 is 0 Å². The van der Waals surface area contributed by atoms with Crippen LogP contribution < -0.4 is 0 Å². The molecule has 0 aromatic heterocycles. The van der Waals surface area contributed by atoms with Gasteiger partial charge in [0.2, 0.25) is 0 Å². The lowest BCUT2D eigenvalue weighted by atomic mass is 9.77. The van der Waals surface area contributed by atoms with Crippen LogP contribution in [0.4, 0.5) is 0 Å². The highest BCUT2D eigenvalue weighted by Gasteiger charge is 2.21. The van der Waals surface area contributed by atoms with Gasteiger partial charge in [0.1, 0.15) is 0 Å². The molecule has 0 amide bonds. The molecule has 198 valence electrons. The highest BCUT2D eigenvalue weighted by molar-refractivity contribution is 5.23. The molecule has 0 spiro atoms. The van der Waals surface area contributed by atoms with E-state index in [1.54, 1.807) is 0 Å². The Morgan fingerprint density at radius 2 is 1.42 bits per heavy atom. The molecule has 0 radical (unpaired) electrons. The number of allylic oxidation sites excluding steroid dienone is 2. The summed E-state index contributed by atoms with van der Waals surface area (Å²) in [6.07, 6.45) is 23.5. The van der Waals surface area contributed by atoms with E-state index < -0.39 is 0 Å². The molecule has 2 atom stereocenters. The average molecular weight is 489 g/mol. The maximum Gasteiger partial charge on any atom is 0.0821 e. The highest BCUT2D eigenvalue weighted by Crippen LogP contribution is 2.35. The predicted octanol–water partition coefficient (Wildman–Crippen LogP) is 10.3. The predicted molar refractivity (Wildman–Crippen MR) is 156 cm³/mol. The molecule has 0 heterocycles. The van der Waals surface area contributed by atoms with Crippen LogP contribution in [0.15, 0.2) is 66.7 Å². The van der Waals surface area contributed by atoms with Gasteiger partial charge in [0.25, 0.3) is 0 Å². The summed E-state index contributed by atoms with van der Waals surface area (Å²) in [5.74, 6) is 2.76. The topological polar surface area (TPSA) is 9.23 Å². The molecule has 3 rings (SSSR count). The molecule has 1 saturated carbocycles. The molecule has 0 saturated heterocycles. The van der Waals surface area contributed by atoms with E-state index in [-0.39, 0.29) is 6.10 Å². The van der Waals surface area contributed by atoms with E-state index in [2.05, 4.69) is 80.6 Å². The van der Waals surface area contributed by atoms with Gasteiger partial charge in [0, 0.05) is 7.11 Å². The number of unbranched alkanes of at least 4 members (excludes halogenated alkanes) is 1. The van der Waals surface area contributed by atoms with Crippen molar-refractivity contribution in [1.29, 1.82) is 0 Å². The summed E-state index contributed by atoms with van der Waals surface area (Å²) in [5, 5.41) is 0. The number of aryl methyl sites for hydroxylation is 2. The molecular weight excluding hydrogens is 436 g/mol. The summed E-state index contributed by atoms with van der Waals surface area (Å²) in [7, 11) is 1.85. The highest BCUT2D eigenvalue weighted by atomic mass is 16.5. The third-order valence-corrected chi connectivity index (χ3v) is 8.60. The van der Waals surface area contributed by atoms with Crippen LogP contribution in [-0.4, -0.2) is 7.11 Å². The monoisotopic (exact) mass is 488 g/mol. The summed E-state index contributed by atoms with van der Waals surface area (Å²) < 4.78 is 5.78. The van der Waals surface area contributed by atoms with Crippen LogP contribution in [0.1, 0.15) is 114 Å². The van der Waals surface area contributed by atoms with Crippen LogP contribution in [0.25, 0.3) is 0 Å². The standard InChI is InChI=1S/C35H52O/c1-4-5-7-12-30-20-22-31(23-21-30)13-10-11-14-32-24-26-33(27-25-32)19-17-29(2)18-28-35(36-3)34-15-8-6-9-16-34/h4-6,8-9,15-16,20-23,29,32-33,35H,7,10-14,17-19,24-28H2,1-3H3/b5-4+/t29?,32-,33-,35?. The Balaban J connectivity index is 1.23. The fraction of sp³-hybridized carbons (Fsp3) is 0.600. The van der Waals surface area contributed by atoms with Crippen LogP contribution in [0.2, 0.25) is 0 Å². The van der Waals surface area contributed by atoms with Crippen molar-refractivity contribution in [1.82, 2.24) is 0 Å². The quantitative estimate of drug-likeness (QED) is 0.169. The Bertz CT molecular complexity index is 829. The van der Waals surface area contributed by atoms with Crippen molar-refractivity contribution >= 4 is 0 Å². The van der Waals surface area contributed by atoms with Crippen molar-refractivity contribution in [2.75, 3.05) is 7.11 Å². The van der Waals surface area contributed by atoms with Gasteiger partial charge in [-0.1, -0.05) is 125 Å². The second-order valence-electron chi connectivity index (χ2n) is 11.5. The number of benzene rings is 2. The third-order valence-electron chi connectivity index (χ3n) is 8.60. The fourth-order valence-corrected chi connectivity index (χ4v) is 6.05. The Morgan fingerprint density at radius 3 is 2.06 bits per heavy atom. The van der Waals surface area contributed by atoms with E-state index >= 15 is 0 Å². The number of hydrogen-bond donors (Lipinski definition) is 0. The molecule has 1 heteroatoms. The number of methoxy groups -OCH3 is 1. The first kappa shape index (κ1) is 28.7. The molecular formula is C35H52O. The molecule has 1 aliphatic rings. The van der Waals surface area contributed by atoms with Gasteiger partial charge >= 0.3 is 0 Å². The zero-order valence-corrected chi connectivity index (χ0v) is 23.5. The lowest BCUT2D eigenvalue weighted by Gasteiger charge is -2.29. The Labute approximate surface area is 222 Å². The largest absolute Gasteiger partial charge is 0.377 e. The van der Waals surface area contributed by atoms with E-state index in [0.717, 1.165) is 37.0 Å². The van der Waals surface area contributed by atoms with Gasteiger partial charge in [-0.15, -0.1) is 0 Å². The van der Waals surface area contributed by atoms with E-state index in [4.69, 9.17) is 4.74 Å². The van der Waals surface area contributed by atoms with Crippen molar-refractivity contribution in [3.8, 4) is 0 Å². The van der Waals surface area contributed by atoms with E-state index in [1.807, 2.05) is 7.11 Å². The van der Waals surface area contributed by atoms with Crippen LogP contribution in [0.5, 0.6) is 0 Å². The average Bonchev–Trinajstić information content (AvgIpc) is 2.92. The van der Waals surface area contributed by atoms with E-state index in [9.17, 15) is 0 Å². The van der Waals surface area contributed by atoms with Crippen LogP contribution in [0, 0.1) is 17.8 Å².